The lowest BCUT2D eigenvalue weighted by molar-refractivity contribution is 0.291. The minimum absolute atomic E-state index is 0.0244. The summed E-state index contributed by atoms with van der Waals surface area (Å²) in [6.45, 7) is 1.77. The molecule has 0 amide bonds. The number of benzene rings is 1. The van der Waals surface area contributed by atoms with Crippen LogP contribution in [-0.4, -0.2) is 20.6 Å². The molecule has 2 aromatic rings. The highest BCUT2D eigenvalue weighted by Gasteiger charge is 2.10. The molecule has 102 valence electrons. The van der Waals surface area contributed by atoms with Crippen LogP contribution in [0.25, 0.3) is 0 Å². The Hall–Kier alpha value is -1.41. The van der Waals surface area contributed by atoms with Crippen molar-refractivity contribution in [3.8, 4) is 5.75 Å². The molecular formula is C11H11F2N3OS2. The lowest BCUT2D eigenvalue weighted by atomic mass is 10.3. The molecule has 1 unspecified atom stereocenters. The van der Waals surface area contributed by atoms with Gasteiger partial charge in [-0.25, -0.2) is 8.78 Å². The summed E-state index contributed by atoms with van der Waals surface area (Å²) in [6, 6.07) is 3.21. The van der Waals surface area contributed by atoms with Crippen molar-refractivity contribution in [2.24, 2.45) is 0 Å². The van der Waals surface area contributed by atoms with Crippen molar-refractivity contribution >= 4 is 24.0 Å². The molecule has 1 aromatic heterocycles. The van der Waals surface area contributed by atoms with E-state index in [1.165, 1.54) is 17.8 Å². The van der Waals surface area contributed by atoms with E-state index in [1.54, 1.807) is 6.92 Å². The van der Waals surface area contributed by atoms with Crippen molar-refractivity contribution in [3.63, 3.8) is 0 Å². The molecule has 1 heterocycles. The van der Waals surface area contributed by atoms with E-state index >= 15 is 0 Å². The van der Waals surface area contributed by atoms with Crippen LogP contribution >= 0.6 is 24.0 Å². The van der Waals surface area contributed by atoms with Crippen LogP contribution < -0.4 is 4.74 Å². The van der Waals surface area contributed by atoms with Crippen LogP contribution in [0.4, 0.5) is 8.78 Å². The monoisotopic (exact) mass is 303 g/mol. The normalized spacial score (nSPS) is 12.4. The van der Waals surface area contributed by atoms with Gasteiger partial charge in [-0.1, -0.05) is 0 Å². The Labute approximate surface area is 117 Å². The summed E-state index contributed by atoms with van der Waals surface area (Å²) >= 11 is 6.26. The second-order valence-electron chi connectivity index (χ2n) is 3.70. The molecule has 19 heavy (non-hydrogen) atoms. The van der Waals surface area contributed by atoms with Gasteiger partial charge in [-0.05, 0) is 31.3 Å². The summed E-state index contributed by atoms with van der Waals surface area (Å²) in [4.78, 5) is 2.86. The minimum atomic E-state index is -0.716. The van der Waals surface area contributed by atoms with Gasteiger partial charge >= 0.3 is 0 Å². The van der Waals surface area contributed by atoms with Gasteiger partial charge in [-0.2, -0.15) is 5.10 Å². The lowest BCUT2D eigenvalue weighted by Gasteiger charge is -2.14. The first-order chi connectivity index (χ1) is 9.04. The number of thioether (sulfide) groups is 1. The molecule has 8 heteroatoms. The molecule has 2 N–H and O–H groups in total. The predicted molar refractivity (Wildman–Crippen MR) is 71.5 cm³/mol. The summed E-state index contributed by atoms with van der Waals surface area (Å²) < 4.78 is 31.9. The van der Waals surface area contributed by atoms with Crippen LogP contribution in [-0.2, 0) is 5.75 Å². The molecule has 0 aliphatic carbocycles. The number of halogens is 2. The fourth-order valence-corrected chi connectivity index (χ4v) is 2.22. The summed E-state index contributed by atoms with van der Waals surface area (Å²) in [7, 11) is 0. The van der Waals surface area contributed by atoms with Gasteiger partial charge in [-0.15, -0.1) is 11.8 Å². The van der Waals surface area contributed by atoms with Gasteiger partial charge < -0.3 is 9.72 Å². The van der Waals surface area contributed by atoms with Gasteiger partial charge in [-0.3, -0.25) is 5.10 Å². The SMILES string of the molecule is CC(Oc1ccc(F)cc1F)SCc1n[nH]c(=S)[nH]1. The van der Waals surface area contributed by atoms with Crippen LogP contribution in [0.1, 0.15) is 12.7 Å². The topological polar surface area (TPSA) is 53.7 Å². The average molecular weight is 303 g/mol. The second kappa shape index (κ2) is 6.16. The van der Waals surface area contributed by atoms with E-state index < -0.39 is 11.6 Å². The van der Waals surface area contributed by atoms with Crippen molar-refractivity contribution in [1.82, 2.24) is 15.2 Å². The first-order valence-electron chi connectivity index (χ1n) is 5.41. The van der Waals surface area contributed by atoms with E-state index in [0.717, 1.165) is 12.1 Å². The molecule has 0 aliphatic heterocycles. The largest absolute Gasteiger partial charge is 0.477 e. The number of nitrogens with zero attached hydrogens (tertiary/aromatic N) is 1. The Bertz CT molecular complexity index is 614. The zero-order valence-corrected chi connectivity index (χ0v) is 11.6. The fourth-order valence-electron chi connectivity index (χ4n) is 1.35. The Morgan fingerprint density at radius 3 is 2.89 bits per heavy atom. The van der Waals surface area contributed by atoms with Crippen LogP contribution in [0, 0.1) is 16.4 Å². The van der Waals surface area contributed by atoms with Gasteiger partial charge in [0, 0.05) is 6.07 Å². The lowest BCUT2D eigenvalue weighted by Crippen LogP contribution is -2.09. The van der Waals surface area contributed by atoms with Crippen molar-refractivity contribution in [3.05, 3.63) is 40.4 Å². The van der Waals surface area contributed by atoms with Crippen LogP contribution in [0.3, 0.4) is 0 Å². The van der Waals surface area contributed by atoms with E-state index in [9.17, 15) is 8.78 Å². The summed E-state index contributed by atoms with van der Waals surface area (Å²) in [5.41, 5.74) is -0.307. The molecule has 2 rings (SSSR count). The number of aromatic amines is 2. The number of H-pyrrole nitrogens is 2. The Morgan fingerprint density at radius 1 is 1.47 bits per heavy atom. The fraction of sp³-hybridized carbons (Fsp3) is 0.273. The van der Waals surface area contributed by atoms with Crippen LogP contribution in [0.2, 0.25) is 0 Å². The molecule has 0 spiro atoms. The number of hydrogen-bond donors (Lipinski definition) is 2. The molecule has 1 atom stereocenters. The smallest absolute Gasteiger partial charge is 0.192 e. The van der Waals surface area contributed by atoms with Crippen molar-refractivity contribution in [2.45, 2.75) is 18.1 Å². The summed E-state index contributed by atoms with van der Waals surface area (Å²) in [5.74, 6) is -0.0980. The highest BCUT2D eigenvalue weighted by molar-refractivity contribution is 7.98. The number of hydrogen-bond acceptors (Lipinski definition) is 4. The molecule has 0 saturated heterocycles. The maximum atomic E-state index is 13.4. The van der Waals surface area contributed by atoms with E-state index in [-0.39, 0.29) is 11.2 Å². The van der Waals surface area contributed by atoms with E-state index in [0.29, 0.717) is 16.3 Å². The van der Waals surface area contributed by atoms with Gasteiger partial charge in [0.1, 0.15) is 17.1 Å². The van der Waals surface area contributed by atoms with E-state index in [4.69, 9.17) is 17.0 Å². The molecule has 0 radical (unpaired) electrons. The van der Waals surface area contributed by atoms with Crippen LogP contribution in [0.5, 0.6) is 5.75 Å². The number of rotatable bonds is 5. The Morgan fingerprint density at radius 2 is 2.26 bits per heavy atom. The first-order valence-corrected chi connectivity index (χ1v) is 6.87. The maximum Gasteiger partial charge on any atom is 0.192 e. The third kappa shape index (κ3) is 4.03. The van der Waals surface area contributed by atoms with Crippen molar-refractivity contribution in [2.75, 3.05) is 0 Å². The first kappa shape index (κ1) is 14.0. The maximum absolute atomic E-state index is 13.4. The average Bonchev–Trinajstić information content (AvgIpc) is 2.76. The molecule has 0 saturated carbocycles. The molecule has 1 aromatic carbocycles. The van der Waals surface area contributed by atoms with Gasteiger partial charge in [0.05, 0.1) is 5.75 Å². The second-order valence-corrected chi connectivity index (χ2v) is 5.39. The Balaban J connectivity index is 1.90. The summed E-state index contributed by atoms with van der Waals surface area (Å²) in [5, 5.41) is 6.55. The highest BCUT2D eigenvalue weighted by atomic mass is 32.2. The molecule has 0 aliphatic rings. The minimum Gasteiger partial charge on any atom is -0.477 e. The van der Waals surface area contributed by atoms with Gasteiger partial charge in [0.2, 0.25) is 0 Å². The zero-order chi connectivity index (χ0) is 13.8. The number of aromatic nitrogens is 3. The Kier molecular flexibility index (Phi) is 4.54. The predicted octanol–water partition coefficient (Wildman–Crippen LogP) is 3.40. The number of ether oxygens (including phenoxy) is 1. The van der Waals surface area contributed by atoms with E-state index in [2.05, 4.69) is 15.2 Å². The van der Waals surface area contributed by atoms with Gasteiger partial charge in [0.15, 0.2) is 16.3 Å². The third-order valence-corrected chi connectivity index (χ3v) is 3.39. The standard InChI is InChI=1S/C11H11F2N3OS2/c1-6(19-5-10-14-11(18)16-15-10)17-9-3-2-7(12)4-8(9)13/h2-4,6H,5H2,1H3,(H2,14,15,16,18). The third-order valence-electron chi connectivity index (χ3n) is 2.19. The number of nitrogens with one attached hydrogen (secondary N) is 2. The zero-order valence-electron chi connectivity index (χ0n) is 9.94. The van der Waals surface area contributed by atoms with Crippen LogP contribution in [0.15, 0.2) is 18.2 Å². The molecule has 0 fully saturated rings. The quantitative estimate of drug-likeness (QED) is 0.656. The van der Waals surface area contributed by atoms with Crippen molar-refractivity contribution < 1.29 is 13.5 Å². The molecular weight excluding hydrogens is 292 g/mol. The van der Waals surface area contributed by atoms with Crippen molar-refractivity contribution in [1.29, 1.82) is 0 Å². The van der Waals surface area contributed by atoms with E-state index in [1.807, 2.05) is 0 Å². The molecule has 4 nitrogen and oxygen atoms in total. The summed E-state index contributed by atoms with van der Waals surface area (Å²) in [6.07, 6.45) is 0. The highest BCUT2D eigenvalue weighted by Crippen LogP contribution is 2.23. The van der Waals surface area contributed by atoms with Gasteiger partial charge in [0.25, 0.3) is 0 Å². The molecule has 0 bridgehead atoms.